The largest absolute Gasteiger partial charge is 0.454 e. The van der Waals surface area contributed by atoms with Crippen molar-refractivity contribution in [3.63, 3.8) is 0 Å². The van der Waals surface area contributed by atoms with Crippen LogP contribution in [0, 0.1) is 0 Å². The van der Waals surface area contributed by atoms with Crippen LogP contribution in [0.1, 0.15) is 12.0 Å². The van der Waals surface area contributed by atoms with Gasteiger partial charge in [-0.25, -0.2) is 0 Å². The van der Waals surface area contributed by atoms with Crippen LogP contribution >= 0.6 is 0 Å². The van der Waals surface area contributed by atoms with Gasteiger partial charge in [-0.3, -0.25) is 9.78 Å². The molecule has 4 rings (SSSR count). The van der Waals surface area contributed by atoms with E-state index in [2.05, 4.69) is 20.6 Å². The Morgan fingerprint density at radius 1 is 1.21 bits per heavy atom. The maximum Gasteiger partial charge on any atom is 0.153 e. The Kier molecular flexibility index (Phi) is 4.12. The molecule has 24 heavy (non-hydrogen) atoms. The molecule has 0 saturated carbocycles. The zero-order valence-corrected chi connectivity index (χ0v) is 13.3. The molecule has 0 aliphatic rings. The molecule has 0 fully saturated rings. The number of benzene rings is 1. The normalized spacial score (nSPS) is 11.3. The minimum absolute atomic E-state index is 0.752. The van der Waals surface area contributed by atoms with Crippen LogP contribution in [0.25, 0.3) is 22.4 Å². The molecule has 2 N–H and O–H groups in total. The summed E-state index contributed by atoms with van der Waals surface area (Å²) in [6.45, 7) is 2.59. The van der Waals surface area contributed by atoms with Gasteiger partial charge in [0.05, 0.1) is 6.20 Å². The third-order valence-electron chi connectivity index (χ3n) is 4.01. The molecule has 1 aromatic carbocycles. The molecule has 0 saturated heterocycles. The van der Waals surface area contributed by atoms with Crippen LogP contribution in [0.15, 0.2) is 59.4 Å². The van der Waals surface area contributed by atoms with E-state index in [1.165, 1.54) is 0 Å². The van der Waals surface area contributed by atoms with Crippen LogP contribution in [0.3, 0.4) is 0 Å². The van der Waals surface area contributed by atoms with Gasteiger partial charge in [0, 0.05) is 36.4 Å². The molecule has 0 aliphatic heterocycles. The van der Waals surface area contributed by atoms with E-state index in [0.29, 0.717) is 0 Å². The van der Waals surface area contributed by atoms with E-state index in [0.717, 1.165) is 54.0 Å². The average Bonchev–Trinajstić information content (AvgIpc) is 3.34. The molecule has 0 radical (unpaired) electrons. The molecular formula is C18H19N5O. The first-order chi connectivity index (χ1) is 11.9. The number of nitrogens with one attached hydrogen (secondary N) is 2. The van der Waals surface area contributed by atoms with Crippen LogP contribution in [0.4, 0.5) is 0 Å². The monoisotopic (exact) mass is 321 g/mol. The molecule has 0 atom stereocenters. The molecule has 6 nitrogen and oxygen atoms in total. The Bertz CT molecular complexity index is 873. The van der Waals surface area contributed by atoms with E-state index in [4.69, 9.17) is 4.42 Å². The van der Waals surface area contributed by atoms with Crippen LogP contribution in [0.2, 0.25) is 0 Å². The number of aromatic nitrogens is 4. The average molecular weight is 321 g/mol. The first kappa shape index (κ1) is 14.7. The predicted molar refractivity (Wildman–Crippen MR) is 92.3 cm³/mol. The maximum atomic E-state index is 5.92. The Balaban J connectivity index is 1.37. The summed E-state index contributed by atoms with van der Waals surface area (Å²) in [7, 11) is 0. The first-order valence-electron chi connectivity index (χ1n) is 8.09. The van der Waals surface area contributed by atoms with Gasteiger partial charge in [-0.15, -0.1) is 0 Å². The third-order valence-corrected chi connectivity index (χ3v) is 4.01. The van der Waals surface area contributed by atoms with Gasteiger partial charge in [0.15, 0.2) is 5.76 Å². The summed E-state index contributed by atoms with van der Waals surface area (Å²) in [6, 6.07) is 12.0. The van der Waals surface area contributed by atoms with Crippen molar-refractivity contribution in [2.24, 2.45) is 0 Å². The second kappa shape index (κ2) is 6.72. The van der Waals surface area contributed by atoms with Gasteiger partial charge in [0.1, 0.15) is 11.3 Å². The van der Waals surface area contributed by atoms with Crippen LogP contribution in [-0.4, -0.2) is 26.5 Å². The summed E-state index contributed by atoms with van der Waals surface area (Å²) in [5, 5.41) is 16.0. The number of aryl methyl sites for hydroxylation is 1. The smallest absolute Gasteiger partial charge is 0.153 e. The van der Waals surface area contributed by atoms with E-state index in [9.17, 15) is 0 Å². The highest BCUT2D eigenvalue weighted by Crippen LogP contribution is 2.28. The molecule has 3 aromatic heterocycles. The van der Waals surface area contributed by atoms with Crippen LogP contribution < -0.4 is 5.32 Å². The van der Waals surface area contributed by atoms with Gasteiger partial charge in [0.2, 0.25) is 0 Å². The van der Waals surface area contributed by atoms with E-state index in [1.807, 2.05) is 53.5 Å². The SMILES string of the molecule is c1ccc2oc(-c3[nH]ncc3CNCCCn3cccn3)cc2c1. The zero-order chi connectivity index (χ0) is 16.2. The fourth-order valence-corrected chi connectivity index (χ4v) is 2.79. The van der Waals surface area contributed by atoms with Crippen molar-refractivity contribution >= 4 is 11.0 Å². The second-order valence-electron chi connectivity index (χ2n) is 5.72. The number of fused-ring (bicyclic) bond motifs is 1. The number of hydrogen-bond donors (Lipinski definition) is 2. The van der Waals surface area contributed by atoms with Crippen LogP contribution in [-0.2, 0) is 13.1 Å². The highest BCUT2D eigenvalue weighted by molar-refractivity contribution is 5.82. The fourth-order valence-electron chi connectivity index (χ4n) is 2.79. The minimum atomic E-state index is 0.752. The van der Waals surface area contributed by atoms with Gasteiger partial charge in [-0.1, -0.05) is 18.2 Å². The quantitative estimate of drug-likeness (QED) is 0.513. The maximum absolute atomic E-state index is 5.92. The Morgan fingerprint density at radius 3 is 3.04 bits per heavy atom. The number of hydrogen-bond acceptors (Lipinski definition) is 4. The van der Waals surface area contributed by atoms with Crippen molar-refractivity contribution in [2.75, 3.05) is 6.54 Å². The number of furan rings is 1. The number of H-pyrrole nitrogens is 1. The number of rotatable bonds is 7. The van der Waals surface area contributed by atoms with Gasteiger partial charge in [-0.2, -0.15) is 10.2 Å². The Morgan fingerprint density at radius 2 is 2.17 bits per heavy atom. The molecule has 0 amide bonds. The fraction of sp³-hybridized carbons (Fsp3) is 0.222. The molecule has 3 heterocycles. The van der Waals surface area contributed by atoms with Crippen molar-refractivity contribution in [1.82, 2.24) is 25.3 Å². The molecule has 6 heteroatoms. The summed E-state index contributed by atoms with van der Waals surface area (Å²) in [6.07, 6.45) is 6.66. The summed E-state index contributed by atoms with van der Waals surface area (Å²) in [5.41, 5.74) is 2.93. The number of para-hydroxylation sites is 1. The summed E-state index contributed by atoms with van der Waals surface area (Å²) in [5.74, 6) is 0.821. The van der Waals surface area contributed by atoms with E-state index in [1.54, 1.807) is 6.20 Å². The van der Waals surface area contributed by atoms with Crippen molar-refractivity contribution in [3.05, 3.63) is 60.6 Å². The lowest BCUT2D eigenvalue weighted by Gasteiger charge is -2.05. The minimum Gasteiger partial charge on any atom is -0.454 e. The third kappa shape index (κ3) is 3.09. The van der Waals surface area contributed by atoms with Crippen molar-refractivity contribution in [3.8, 4) is 11.5 Å². The van der Waals surface area contributed by atoms with Crippen molar-refractivity contribution in [2.45, 2.75) is 19.5 Å². The summed E-state index contributed by atoms with van der Waals surface area (Å²) in [4.78, 5) is 0. The molecule has 4 aromatic rings. The van der Waals surface area contributed by atoms with Crippen LogP contribution in [0.5, 0.6) is 0 Å². The van der Waals surface area contributed by atoms with E-state index >= 15 is 0 Å². The molecule has 0 bridgehead atoms. The first-order valence-corrected chi connectivity index (χ1v) is 8.09. The van der Waals surface area contributed by atoms with E-state index in [-0.39, 0.29) is 0 Å². The van der Waals surface area contributed by atoms with Gasteiger partial charge >= 0.3 is 0 Å². The lowest BCUT2D eigenvalue weighted by Crippen LogP contribution is -2.16. The lowest BCUT2D eigenvalue weighted by molar-refractivity contribution is 0.543. The highest BCUT2D eigenvalue weighted by Gasteiger charge is 2.12. The standard InChI is InChI=1S/C18H19N5O/c1-2-6-16-14(5-1)11-17(24-16)18-15(13-20-22-18)12-19-7-3-9-23-10-4-8-21-23/h1-2,4-6,8,10-11,13,19H,3,7,9,12H2,(H,20,22). The Labute approximate surface area is 139 Å². The van der Waals surface area contributed by atoms with Crippen molar-refractivity contribution < 1.29 is 4.42 Å². The predicted octanol–water partition coefficient (Wildman–Crippen LogP) is 3.20. The summed E-state index contributed by atoms with van der Waals surface area (Å²) < 4.78 is 7.86. The molecule has 0 aliphatic carbocycles. The molecular weight excluding hydrogens is 302 g/mol. The highest BCUT2D eigenvalue weighted by atomic mass is 16.3. The number of aromatic amines is 1. The molecule has 0 spiro atoms. The van der Waals surface area contributed by atoms with Crippen molar-refractivity contribution in [1.29, 1.82) is 0 Å². The van der Waals surface area contributed by atoms with E-state index < -0.39 is 0 Å². The van der Waals surface area contributed by atoms with Gasteiger partial charge < -0.3 is 9.73 Å². The topological polar surface area (TPSA) is 71.7 Å². The summed E-state index contributed by atoms with van der Waals surface area (Å²) >= 11 is 0. The zero-order valence-electron chi connectivity index (χ0n) is 13.3. The molecule has 122 valence electrons. The van der Waals surface area contributed by atoms with Gasteiger partial charge in [0.25, 0.3) is 0 Å². The second-order valence-corrected chi connectivity index (χ2v) is 5.72. The van der Waals surface area contributed by atoms with Gasteiger partial charge in [-0.05, 0) is 31.2 Å². The Hall–Kier alpha value is -2.86. The molecule has 0 unspecified atom stereocenters. The number of nitrogens with zero attached hydrogens (tertiary/aromatic N) is 3. The lowest BCUT2D eigenvalue weighted by atomic mass is 10.2.